The topological polar surface area (TPSA) is 72.9 Å². The number of hydrogen-bond acceptors (Lipinski definition) is 6. The lowest BCUT2D eigenvalue weighted by atomic mass is 10.2. The van der Waals surface area contributed by atoms with Crippen molar-refractivity contribution in [1.82, 2.24) is 0 Å². The first kappa shape index (κ1) is 32.1. The quantitative estimate of drug-likeness (QED) is 0.170. The number of nitrogens with zero attached hydrogens (tertiary/aromatic N) is 2. The average molecular weight is 593 g/mol. The molecule has 4 rings (SSSR count). The van der Waals surface area contributed by atoms with Gasteiger partial charge in [-0.15, -0.1) is 0 Å². The maximum absolute atomic E-state index is 10.4. The highest BCUT2D eigenvalue weighted by Gasteiger charge is 2.29. The highest BCUT2D eigenvalue weighted by molar-refractivity contribution is 7.97. The Morgan fingerprint density at radius 1 is 0.634 bits per heavy atom. The van der Waals surface area contributed by atoms with Crippen LogP contribution in [-0.2, 0) is 21.0 Å². The van der Waals surface area contributed by atoms with Gasteiger partial charge >= 0.3 is 0 Å². The molecule has 6 nitrogen and oxygen atoms in total. The molecule has 8 heteroatoms. The third kappa shape index (κ3) is 9.56. The second kappa shape index (κ2) is 13.5. The Morgan fingerprint density at radius 2 is 1.00 bits per heavy atom. The zero-order valence-corrected chi connectivity index (χ0v) is 26.7. The average Bonchev–Trinajstić information content (AvgIpc) is 2.90. The molecule has 0 heterocycles. The van der Waals surface area contributed by atoms with E-state index in [1.165, 1.54) is 38.2 Å². The predicted molar refractivity (Wildman–Crippen MR) is 170 cm³/mol. The predicted octanol–water partition coefficient (Wildman–Crippen LogP) is 6.99. The van der Waals surface area contributed by atoms with Gasteiger partial charge in [0.2, 0.25) is 0 Å². The van der Waals surface area contributed by atoms with Gasteiger partial charge in [-0.05, 0) is 113 Å². The summed E-state index contributed by atoms with van der Waals surface area (Å²) in [5.74, 6) is 0.903. The summed E-state index contributed by atoms with van der Waals surface area (Å²) in [6, 6.07) is 32.1. The van der Waals surface area contributed by atoms with Crippen molar-refractivity contribution in [3.8, 4) is 5.75 Å². The molecule has 0 atom stereocenters. The second-order valence-electron chi connectivity index (χ2n) is 11.0. The lowest BCUT2D eigenvalue weighted by molar-refractivity contribution is 0.131. The van der Waals surface area contributed by atoms with Gasteiger partial charge in [-0.2, -0.15) is 0 Å². The van der Waals surface area contributed by atoms with Gasteiger partial charge in [0.25, 0.3) is 0 Å². The van der Waals surface area contributed by atoms with Gasteiger partial charge in [0.15, 0.2) is 14.7 Å². The molecule has 0 bridgehead atoms. The van der Waals surface area contributed by atoms with Crippen molar-refractivity contribution < 1.29 is 17.7 Å². The molecule has 0 N–H and O–H groups in total. The smallest absolute Gasteiger partial charge is 0.166 e. The molecule has 0 unspecified atom stereocenters. The molecule has 0 saturated carbocycles. The molecule has 0 fully saturated rings. The molecule has 0 amide bonds. The molecule has 41 heavy (non-hydrogen) atoms. The Labute approximate surface area is 248 Å². The van der Waals surface area contributed by atoms with Crippen molar-refractivity contribution in [3.63, 3.8) is 0 Å². The molecule has 4 aromatic rings. The largest absolute Gasteiger partial charge is 0.744 e. The minimum absolute atomic E-state index is 0.178. The van der Waals surface area contributed by atoms with Gasteiger partial charge in [-0.3, -0.25) is 0 Å². The van der Waals surface area contributed by atoms with E-state index in [9.17, 15) is 13.0 Å². The number of ether oxygens (including phenoxy) is 1. The Morgan fingerprint density at radius 3 is 1.32 bits per heavy atom. The number of aryl methyl sites for hydroxylation is 1. The molecular weight excluding hydrogens is 553 g/mol. The summed E-state index contributed by atoms with van der Waals surface area (Å²) in [6.07, 6.45) is 0. The minimum Gasteiger partial charge on any atom is -0.744 e. The fourth-order valence-electron chi connectivity index (χ4n) is 3.87. The van der Waals surface area contributed by atoms with E-state index in [4.69, 9.17) is 4.74 Å². The SMILES string of the molecule is CN(C)c1ccc([S+](c2ccc(OC(C)(C)C)cc2)c2ccc(N(C)C)cc2)cc1.Cc1ccc(S(=O)(=O)[O-])cc1. The van der Waals surface area contributed by atoms with E-state index in [1.807, 2.05) is 6.92 Å². The summed E-state index contributed by atoms with van der Waals surface area (Å²) in [4.78, 5) is 7.98. The molecule has 0 aliphatic rings. The van der Waals surface area contributed by atoms with E-state index in [-0.39, 0.29) is 21.4 Å². The van der Waals surface area contributed by atoms with Crippen LogP contribution in [0, 0.1) is 6.92 Å². The Balaban J connectivity index is 0.000000352. The van der Waals surface area contributed by atoms with Gasteiger partial charge in [-0.1, -0.05) is 17.7 Å². The second-order valence-corrected chi connectivity index (χ2v) is 14.4. The number of benzene rings is 4. The molecule has 218 valence electrons. The van der Waals surface area contributed by atoms with Crippen molar-refractivity contribution in [1.29, 1.82) is 0 Å². The zero-order valence-electron chi connectivity index (χ0n) is 25.1. The zero-order chi connectivity index (χ0) is 30.4. The van der Waals surface area contributed by atoms with Crippen molar-refractivity contribution in [2.75, 3.05) is 38.0 Å². The normalized spacial score (nSPS) is 11.5. The van der Waals surface area contributed by atoms with Crippen LogP contribution in [0.15, 0.2) is 117 Å². The summed E-state index contributed by atoms with van der Waals surface area (Å²) in [7, 11) is 3.84. The Bertz CT molecular complexity index is 1440. The first-order chi connectivity index (χ1) is 19.1. The van der Waals surface area contributed by atoms with Crippen LogP contribution in [0.3, 0.4) is 0 Å². The molecule has 0 aromatic heterocycles. The van der Waals surface area contributed by atoms with Crippen molar-refractivity contribution in [3.05, 3.63) is 103 Å². The van der Waals surface area contributed by atoms with Crippen LogP contribution in [0.1, 0.15) is 26.3 Å². The Kier molecular flexibility index (Phi) is 10.5. The molecule has 0 aliphatic heterocycles. The highest BCUT2D eigenvalue weighted by Crippen LogP contribution is 2.34. The fourth-order valence-corrected chi connectivity index (χ4v) is 6.38. The van der Waals surface area contributed by atoms with Gasteiger partial charge in [-0.25, -0.2) is 8.42 Å². The van der Waals surface area contributed by atoms with Crippen LogP contribution in [0.5, 0.6) is 5.75 Å². The Hall–Kier alpha value is -3.46. The van der Waals surface area contributed by atoms with E-state index >= 15 is 0 Å². The molecular formula is C33H40N2O4S2. The summed E-state index contributed by atoms with van der Waals surface area (Å²) in [5, 5.41) is 0. The lowest BCUT2D eigenvalue weighted by Crippen LogP contribution is -2.22. The maximum atomic E-state index is 10.4. The highest BCUT2D eigenvalue weighted by atomic mass is 32.2. The van der Waals surface area contributed by atoms with Crippen LogP contribution < -0.4 is 14.5 Å². The van der Waals surface area contributed by atoms with Crippen LogP contribution in [0.2, 0.25) is 0 Å². The van der Waals surface area contributed by atoms with Gasteiger partial charge in [0, 0.05) is 39.6 Å². The monoisotopic (exact) mass is 592 g/mol. The number of anilines is 2. The summed E-state index contributed by atoms with van der Waals surface area (Å²) in [6.45, 7) is 8.04. The van der Waals surface area contributed by atoms with Crippen LogP contribution in [0.4, 0.5) is 11.4 Å². The first-order valence-electron chi connectivity index (χ1n) is 13.2. The van der Waals surface area contributed by atoms with E-state index in [0.29, 0.717) is 0 Å². The van der Waals surface area contributed by atoms with E-state index in [0.717, 1.165) is 11.3 Å². The lowest BCUT2D eigenvalue weighted by Gasteiger charge is -2.21. The minimum atomic E-state index is -4.27. The number of rotatable bonds is 7. The molecule has 0 radical (unpaired) electrons. The summed E-state index contributed by atoms with van der Waals surface area (Å²) in [5.41, 5.74) is 3.14. The van der Waals surface area contributed by atoms with Gasteiger partial charge < -0.3 is 19.1 Å². The standard InChI is InChI=1S/C26H33N2OS.C7H8O3S/c1-26(2,3)29-22-12-18-25(19-13-22)30(23-14-8-20(9-15-23)27(4)5)24-16-10-21(11-17-24)28(6)7;1-6-2-4-7(5-3-6)11(8,9)10/h8-19H,1-7H3;2-5H,1H3,(H,8,9,10)/q+1;/p-1. The first-order valence-corrected chi connectivity index (χ1v) is 15.9. The third-order valence-electron chi connectivity index (χ3n) is 5.97. The van der Waals surface area contributed by atoms with Gasteiger partial charge in [0.05, 0.1) is 15.8 Å². The molecule has 4 aromatic carbocycles. The van der Waals surface area contributed by atoms with Crippen molar-refractivity contribution >= 4 is 32.4 Å². The van der Waals surface area contributed by atoms with Crippen molar-refractivity contribution in [2.24, 2.45) is 0 Å². The third-order valence-corrected chi connectivity index (χ3v) is 9.05. The maximum Gasteiger partial charge on any atom is 0.166 e. The fraction of sp³-hybridized carbons (Fsp3) is 0.273. The van der Waals surface area contributed by atoms with Crippen LogP contribution in [0.25, 0.3) is 0 Å². The van der Waals surface area contributed by atoms with Gasteiger partial charge in [0.1, 0.15) is 21.5 Å². The van der Waals surface area contributed by atoms with E-state index in [1.54, 1.807) is 12.1 Å². The molecule has 0 spiro atoms. The molecule has 0 saturated heterocycles. The van der Waals surface area contributed by atoms with Crippen LogP contribution in [-0.4, -0.2) is 46.8 Å². The summed E-state index contributed by atoms with van der Waals surface area (Å²) >= 11 is 0. The van der Waals surface area contributed by atoms with Crippen LogP contribution >= 0.6 is 0 Å². The van der Waals surface area contributed by atoms with E-state index < -0.39 is 10.1 Å². The van der Waals surface area contributed by atoms with E-state index in [2.05, 4.69) is 132 Å². The number of hydrogen-bond donors (Lipinski definition) is 0. The molecule has 0 aliphatic carbocycles. The summed E-state index contributed by atoms with van der Waals surface area (Å²) < 4.78 is 37.2. The van der Waals surface area contributed by atoms with Crippen molar-refractivity contribution in [2.45, 2.75) is 52.9 Å².